The van der Waals surface area contributed by atoms with Gasteiger partial charge in [0.1, 0.15) is 24.4 Å². The Balaban J connectivity index is 2.71. The molecule has 0 spiro atoms. The summed E-state index contributed by atoms with van der Waals surface area (Å²) < 4.78 is 4.60. The SMILES string of the molecule is N[C@@H](Cc1cnc[nH]1)C(=O)O[C@@H](C(=O)O)[C@@H](O)[C@H](O)[C@H](O)CO. The summed E-state index contributed by atoms with van der Waals surface area (Å²) in [7, 11) is 0. The molecule has 0 bridgehead atoms. The molecule has 0 amide bonds. The molecule has 0 aromatic carbocycles. The molecule has 8 N–H and O–H groups in total. The van der Waals surface area contributed by atoms with E-state index in [1.54, 1.807) is 0 Å². The predicted octanol–water partition coefficient (Wildman–Crippen LogP) is -3.65. The zero-order chi connectivity index (χ0) is 17.6. The van der Waals surface area contributed by atoms with Crippen LogP contribution in [0.25, 0.3) is 0 Å². The fourth-order valence-corrected chi connectivity index (χ4v) is 1.71. The average Bonchev–Trinajstić information content (AvgIpc) is 3.02. The van der Waals surface area contributed by atoms with Crippen LogP contribution in [0.15, 0.2) is 12.5 Å². The monoisotopic (exact) mass is 333 g/mol. The molecule has 23 heavy (non-hydrogen) atoms. The van der Waals surface area contributed by atoms with Crippen molar-refractivity contribution in [3.63, 3.8) is 0 Å². The van der Waals surface area contributed by atoms with Gasteiger partial charge in [-0.15, -0.1) is 0 Å². The second-order valence-corrected chi connectivity index (χ2v) is 4.81. The molecule has 0 saturated carbocycles. The lowest BCUT2D eigenvalue weighted by Crippen LogP contribution is -2.51. The van der Waals surface area contributed by atoms with Gasteiger partial charge in [-0.1, -0.05) is 0 Å². The number of aromatic amines is 1. The van der Waals surface area contributed by atoms with E-state index >= 15 is 0 Å². The average molecular weight is 333 g/mol. The Morgan fingerprint density at radius 1 is 1.30 bits per heavy atom. The quantitative estimate of drug-likeness (QED) is 0.221. The molecule has 1 aromatic heterocycles. The van der Waals surface area contributed by atoms with E-state index in [-0.39, 0.29) is 6.42 Å². The van der Waals surface area contributed by atoms with Crippen LogP contribution in [0.4, 0.5) is 0 Å². The summed E-state index contributed by atoms with van der Waals surface area (Å²) in [5.41, 5.74) is 6.08. The number of nitrogens with zero attached hydrogens (tertiary/aromatic N) is 1. The number of carboxylic acid groups (broad SMARTS) is 1. The Morgan fingerprint density at radius 3 is 2.43 bits per heavy atom. The number of hydrogen-bond donors (Lipinski definition) is 7. The summed E-state index contributed by atoms with van der Waals surface area (Å²) in [5.74, 6) is -2.87. The van der Waals surface area contributed by atoms with E-state index in [9.17, 15) is 24.9 Å². The van der Waals surface area contributed by atoms with Gasteiger partial charge in [0.2, 0.25) is 6.10 Å². The first-order valence-electron chi connectivity index (χ1n) is 6.59. The molecule has 1 rings (SSSR count). The van der Waals surface area contributed by atoms with Gasteiger partial charge >= 0.3 is 11.9 Å². The summed E-state index contributed by atoms with van der Waals surface area (Å²) in [6.07, 6.45) is -5.38. The van der Waals surface area contributed by atoms with Gasteiger partial charge in [0.15, 0.2) is 0 Å². The van der Waals surface area contributed by atoms with E-state index in [2.05, 4.69) is 14.7 Å². The van der Waals surface area contributed by atoms with Crippen molar-refractivity contribution in [2.45, 2.75) is 36.9 Å². The van der Waals surface area contributed by atoms with Gasteiger partial charge in [0.25, 0.3) is 0 Å². The molecule has 0 aliphatic carbocycles. The fourth-order valence-electron chi connectivity index (χ4n) is 1.71. The number of rotatable bonds is 9. The summed E-state index contributed by atoms with van der Waals surface area (Å²) in [4.78, 5) is 29.3. The van der Waals surface area contributed by atoms with Gasteiger partial charge in [0, 0.05) is 18.3 Å². The second-order valence-electron chi connectivity index (χ2n) is 4.81. The highest BCUT2D eigenvalue weighted by Crippen LogP contribution is 2.11. The Kier molecular flexibility index (Phi) is 7.06. The Labute approximate surface area is 130 Å². The van der Waals surface area contributed by atoms with E-state index in [0.29, 0.717) is 5.69 Å². The summed E-state index contributed by atoms with van der Waals surface area (Å²) >= 11 is 0. The summed E-state index contributed by atoms with van der Waals surface area (Å²) in [6.45, 7) is -0.919. The van der Waals surface area contributed by atoms with Crippen LogP contribution in [0.1, 0.15) is 5.69 Å². The number of esters is 1. The van der Waals surface area contributed by atoms with Crippen LogP contribution >= 0.6 is 0 Å². The topological polar surface area (TPSA) is 199 Å². The van der Waals surface area contributed by atoms with Gasteiger partial charge in [-0.25, -0.2) is 9.78 Å². The number of carboxylic acids is 1. The van der Waals surface area contributed by atoms with Crippen molar-refractivity contribution in [1.29, 1.82) is 0 Å². The molecule has 5 atom stereocenters. The smallest absolute Gasteiger partial charge is 0.347 e. The van der Waals surface area contributed by atoms with E-state index < -0.39 is 49.0 Å². The Morgan fingerprint density at radius 2 is 1.96 bits per heavy atom. The van der Waals surface area contributed by atoms with Crippen LogP contribution in [0.2, 0.25) is 0 Å². The number of nitrogens with one attached hydrogen (secondary N) is 1. The maximum atomic E-state index is 11.8. The highest BCUT2D eigenvalue weighted by Gasteiger charge is 2.39. The maximum absolute atomic E-state index is 11.8. The van der Waals surface area contributed by atoms with Crippen molar-refractivity contribution in [2.24, 2.45) is 5.73 Å². The first-order valence-corrected chi connectivity index (χ1v) is 6.59. The van der Waals surface area contributed by atoms with Gasteiger partial charge in [-0.05, 0) is 0 Å². The van der Waals surface area contributed by atoms with Gasteiger partial charge in [-0.2, -0.15) is 0 Å². The van der Waals surface area contributed by atoms with Crippen molar-refractivity contribution in [3.05, 3.63) is 18.2 Å². The number of imidazole rings is 1. The van der Waals surface area contributed by atoms with E-state index in [1.807, 2.05) is 0 Å². The molecular weight excluding hydrogens is 314 g/mol. The third kappa shape index (κ3) is 5.26. The van der Waals surface area contributed by atoms with Crippen LogP contribution in [-0.2, 0) is 20.7 Å². The zero-order valence-electron chi connectivity index (χ0n) is 11.9. The first kappa shape index (κ1) is 19.0. The summed E-state index contributed by atoms with van der Waals surface area (Å²) in [5, 5.41) is 46.1. The third-order valence-electron chi connectivity index (χ3n) is 3.03. The lowest BCUT2D eigenvalue weighted by molar-refractivity contribution is -0.183. The predicted molar refractivity (Wildman–Crippen MR) is 72.9 cm³/mol. The number of aromatic nitrogens is 2. The minimum atomic E-state index is -2.16. The van der Waals surface area contributed by atoms with Crippen LogP contribution in [0, 0.1) is 0 Å². The lowest BCUT2D eigenvalue weighted by Gasteiger charge is -2.26. The zero-order valence-corrected chi connectivity index (χ0v) is 11.9. The number of H-pyrrole nitrogens is 1. The number of hydrogen-bond acceptors (Lipinski definition) is 9. The maximum Gasteiger partial charge on any atom is 0.347 e. The van der Waals surface area contributed by atoms with Gasteiger partial charge in [-0.3, -0.25) is 4.79 Å². The highest BCUT2D eigenvalue weighted by atomic mass is 16.6. The number of nitrogens with two attached hydrogens (primary N) is 1. The Hall–Kier alpha value is -2.05. The van der Waals surface area contributed by atoms with Crippen LogP contribution in [-0.4, -0.2) is 84.5 Å². The van der Waals surface area contributed by atoms with Crippen molar-refractivity contribution >= 4 is 11.9 Å². The second kappa shape index (κ2) is 8.55. The van der Waals surface area contributed by atoms with Crippen molar-refractivity contribution < 1.29 is 39.9 Å². The molecular formula is C12H19N3O8. The fraction of sp³-hybridized carbons (Fsp3) is 0.583. The third-order valence-corrected chi connectivity index (χ3v) is 3.03. The summed E-state index contributed by atoms with van der Waals surface area (Å²) in [6, 6.07) is -1.23. The number of aliphatic hydroxyl groups excluding tert-OH is 4. The Bertz CT molecular complexity index is 508. The van der Waals surface area contributed by atoms with E-state index in [4.69, 9.17) is 15.9 Å². The van der Waals surface area contributed by atoms with Gasteiger partial charge < -0.3 is 41.0 Å². The normalized spacial score (nSPS) is 17.8. The number of aliphatic carboxylic acids is 1. The molecule has 11 nitrogen and oxygen atoms in total. The lowest BCUT2D eigenvalue weighted by atomic mass is 10.0. The molecule has 11 heteroatoms. The van der Waals surface area contributed by atoms with Crippen molar-refractivity contribution in [3.8, 4) is 0 Å². The number of carbonyl (C=O) groups is 2. The van der Waals surface area contributed by atoms with Crippen molar-refractivity contribution in [1.82, 2.24) is 9.97 Å². The highest BCUT2D eigenvalue weighted by molar-refractivity contribution is 5.81. The molecule has 0 aliphatic heterocycles. The molecule has 0 radical (unpaired) electrons. The van der Waals surface area contributed by atoms with Crippen LogP contribution in [0.3, 0.4) is 0 Å². The van der Waals surface area contributed by atoms with E-state index in [1.165, 1.54) is 12.5 Å². The van der Waals surface area contributed by atoms with Crippen molar-refractivity contribution in [2.75, 3.05) is 6.61 Å². The van der Waals surface area contributed by atoms with E-state index in [0.717, 1.165) is 0 Å². The minimum absolute atomic E-state index is 0.0108. The standard InChI is InChI=1S/C12H19N3O8/c13-6(1-5-2-14-4-15-5)12(22)23-10(11(20)21)9(19)8(18)7(17)3-16/h2,4,6-10,16-19H,1,3,13H2,(H,14,15)(H,20,21)/t6-,7+,8+,9-,10+/m0/s1. The molecule has 0 aliphatic rings. The number of carbonyl (C=O) groups excluding carboxylic acids is 1. The molecule has 1 heterocycles. The van der Waals surface area contributed by atoms with Crippen LogP contribution in [0.5, 0.6) is 0 Å². The minimum Gasteiger partial charge on any atom is -0.478 e. The molecule has 0 unspecified atom stereocenters. The largest absolute Gasteiger partial charge is 0.478 e. The number of ether oxygens (including phenoxy) is 1. The molecule has 0 fully saturated rings. The molecule has 0 saturated heterocycles. The number of aliphatic hydroxyl groups is 4. The van der Waals surface area contributed by atoms with Gasteiger partial charge in [0.05, 0.1) is 12.9 Å². The first-order chi connectivity index (χ1) is 10.8. The molecule has 1 aromatic rings. The molecule has 130 valence electrons. The van der Waals surface area contributed by atoms with Crippen LogP contribution < -0.4 is 5.73 Å².